The van der Waals surface area contributed by atoms with E-state index < -0.39 is 0 Å². The molecule has 4 N–H and O–H groups in total. The molecule has 0 spiro atoms. The van der Waals surface area contributed by atoms with Crippen molar-refractivity contribution >= 4 is 11.8 Å². The maximum atomic E-state index is 10.7. The molecule has 1 aliphatic heterocycles. The summed E-state index contributed by atoms with van der Waals surface area (Å²) in [5.74, 6) is 4.21. The van der Waals surface area contributed by atoms with E-state index in [0.717, 1.165) is 0 Å². The van der Waals surface area contributed by atoms with Gasteiger partial charge in [0.15, 0.2) is 0 Å². The first-order chi connectivity index (χ1) is 4.74. The lowest BCUT2D eigenvalue weighted by Gasteiger charge is -2.02. The Morgan fingerprint density at radius 3 is 2.90 bits per heavy atom. The number of hydrogen-bond acceptors (Lipinski definition) is 3. The molecule has 0 aromatic heterocycles. The molecule has 5 nitrogen and oxygen atoms in total. The molecule has 0 radical (unpaired) electrons. The number of nitrogens with one attached hydrogen (secondary N) is 2. The summed E-state index contributed by atoms with van der Waals surface area (Å²) in [6.07, 6.45) is 0.253. The van der Waals surface area contributed by atoms with Crippen LogP contribution in [0.2, 0.25) is 0 Å². The van der Waals surface area contributed by atoms with Crippen LogP contribution in [0.3, 0.4) is 0 Å². The predicted molar refractivity (Wildman–Crippen MR) is 33.4 cm³/mol. The Bertz CT molecular complexity index is 168. The molecule has 0 aromatic carbocycles. The fourth-order valence-corrected chi connectivity index (χ4v) is 0.908. The zero-order valence-electron chi connectivity index (χ0n) is 5.39. The average molecular weight is 143 g/mol. The van der Waals surface area contributed by atoms with Crippen LogP contribution < -0.4 is 16.6 Å². The molecule has 1 heterocycles. The predicted octanol–water partition coefficient (Wildman–Crippen LogP) is -1.89. The van der Waals surface area contributed by atoms with Crippen molar-refractivity contribution in [1.82, 2.24) is 10.7 Å². The minimum absolute atomic E-state index is 0.0893. The summed E-state index contributed by atoms with van der Waals surface area (Å²) >= 11 is 0. The van der Waals surface area contributed by atoms with Crippen LogP contribution in [0.4, 0.5) is 0 Å². The van der Waals surface area contributed by atoms with Crippen LogP contribution in [-0.4, -0.2) is 18.4 Å². The van der Waals surface area contributed by atoms with Gasteiger partial charge in [0.25, 0.3) is 0 Å². The highest BCUT2D eigenvalue weighted by molar-refractivity contribution is 5.88. The third-order valence-corrected chi connectivity index (χ3v) is 1.49. The molecule has 0 saturated carbocycles. The highest BCUT2D eigenvalue weighted by Gasteiger charge is 2.26. The molecule has 1 fully saturated rings. The van der Waals surface area contributed by atoms with Gasteiger partial charge in [0.05, 0.1) is 5.92 Å². The maximum absolute atomic E-state index is 10.7. The largest absolute Gasteiger partial charge is 0.355 e. The van der Waals surface area contributed by atoms with Crippen LogP contribution in [-0.2, 0) is 9.59 Å². The van der Waals surface area contributed by atoms with Crippen LogP contribution in [0, 0.1) is 5.92 Å². The van der Waals surface area contributed by atoms with Gasteiger partial charge in [-0.25, -0.2) is 5.84 Å². The van der Waals surface area contributed by atoms with E-state index in [1.54, 1.807) is 0 Å². The molecule has 1 rings (SSSR count). The van der Waals surface area contributed by atoms with E-state index in [0.29, 0.717) is 6.54 Å². The Labute approximate surface area is 57.9 Å². The van der Waals surface area contributed by atoms with Crippen molar-refractivity contribution in [2.24, 2.45) is 11.8 Å². The SMILES string of the molecule is NNC(=O)C1CNC(=O)C1. The lowest BCUT2D eigenvalue weighted by Crippen LogP contribution is -2.36. The molecule has 10 heavy (non-hydrogen) atoms. The lowest BCUT2D eigenvalue weighted by molar-refractivity contribution is -0.126. The number of hydrogen-bond donors (Lipinski definition) is 3. The van der Waals surface area contributed by atoms with Gasteiger partial charge in [-0.3, -0.25) is 15.0 Å². The first-order valence-electron chi connectivity index (χ1n) is 3.01. The Morgan fingerprint density at radius 2 is 2.50 bits per heavy atom. The second-order valence-corrected chi connectivity index (χ2v) is 2.21. The Kier molecular flexibility index (Phi) is 1.86. The summed E-state index contributed by atoms with van der Waals surface area (Å²) in [6, 6.07) is 0. The van der Waals surface area contributed by atoms with Crippen LogP contribution in [0.5, 0.6) is 0 Å². The van der Waals surface area contributed by atoms with Crippen molar-refractivity contribution in [3.8, 4) is 0 Å². The summed E-state index contributed by atoms with van der Waals surface area (Å²) in [6.45, 7) is 0.405. The topological polar surface area (TPSA) is 84.2 Å². The van der Waals surface area contributed by atoms with Gasteiger partial charge in [0, 0.05) is 13.0 Å². The first-order valence-corrected chi connectivity index (χ1v) is 3.01. The van der Waals surface area contributed by atoms with E-state index in [1.165, 1.54) is 0 Å². The number of hydrazine groups is 1. The van der Waals surface area contributed by atoms with Gasteiger partial charge in [0.1, 0.15) is 0 Å². The van der Waals surface area contributed by atoms with Crippen molar-refractivity contribution in [2.45, 2.75) is 6.42 Å². The average Bonchev–Trinajstić information content (AvgIpc) is 2.34. The van der Waals surface area contributed by atoms with E-state index >= 15 is 0 Å². The van der Waals surface area contributed by atoms with Crippen LogP contribution in [0.25, 0.3) is 0 Å². The number of carbonyl (C=O) groups is 2. The van der Waals surface area contributed by atoms with Crippen LogP contribution in [0.15, 0.2) is 0 Å². The maximum Gasteiger partial charge on any atom is 0.239 e. The highest BCUT2D eigenvalue weighted by Crippen LogP contribution is 2.07. The third kappa shape index (κ3) is 1.24. The smallest absolute Gasteiger partial charge is 0.239 e. The standard InChI is InChI=1S/C5H9N3O2/c6-8-5(10)3-1-4(9)7-2-3/h3H,1-2,6H2,(H,7,9)(H,8,10). The molecule has 56 valence electrons. The van der Waals surface area contributed by atoms with Crippen molar-refractivity contribution in [2.75, 3.05) is 6.54 Å². The molecule has 1 aliphatic rings. The highest BCUT2D eigenvalue weighted by atomic mass is 16.2. The zero-order chi connectivity index (χ0) is 7.56. The normalized spacial score (nSPS) is 24.1. The quantitative estimate of drug-likeness (QED) is 0.228. The van der Waals surface area contributed by atoms with Crippen molar-refractivity contribution in [3.05, 3.63) is 0 Å². The van der Waals surface area contributed by atoms with Gasteiger partial charge < -0.3 is 5.32 Å². The second-order valence-electron chi connectivity index (χ2n) is 2.21. The molecule has 1 atom stereocenters. The summed E-state index contributed by atoms with van der Waals surface area (Å²) in [5, 5.41) is 2.53. The third-order valence-electron chi connectivity index (χ3n) is 1.49. The van der Waals surface area contributed by atoms with Gasteiger partial charge >= 0.3 is 0 Å². The van der Waals surface area contributed by atoms with Gasteiger partial charge in [-0.05, 0) is 0 Å². The van der Waals surface area contributed by atoms with Gasteiger partial charge in [-0.1, -0.05) is 0 Å². The molecular weight excluding hydrogens is 134 g/mol. The van der Waals surface area contributed by atoms with E-state index in [2.05, 4.69) is 5.32 Å². The van der Waals surface area contributed by atoms with Crippen LogP contribution in [0.1, 0.15) is 6.42 Å². The van der Waals surface area contributed by atoms with Gasteiger partial charge in [-0.15, -0.1) is 0 Å². The van der Waals surface area contributed by atoms with Gasteiger partial charge in [-0.2, -0.15) is 0 Å². The summed E-state index contributed by atoms with van der Waals surface area (Å²) in [5.41, 5.74) is 2.00. The molecular formula is C5H9N3O2. The minimum Gasteiger partial charge on any atom is -0.355 e. The fourth-order valence-electron chi connectivity index (χ4n) is 0.908. The number of amides is 2. The lowest BCUT2D eigenvalue weighted by atomic mass is 10.1. The Morgan fingerprint density at radius 1 is 1.80 bits per heavy atom. The van der Waals surface area contributed by atoms with Crippen molar-refractivity contribution in [3.63, 3.8) is 0 Å². The molecule has 1 saturated heterocycles. The molecule has 0 bridgehead atoms. The Balaban J connectivity index is 2.44. The summed E-state index contributed by atoms with van der Waals surface area (Å²) in [4.78, 5) is 21.3. The number of rotatable bonds is 1. The van der Waals surface area contributed by atoms with E-state index in [9.17, 15) is 9.59 Å². The van der Waals surface area contributed by atoms with E-state index in [-0.39, 0.29) is 24.2 Å². The fraction of sp³-hybridized carbons (Fsp3) is 0.600. The zero-order valence-corrected chi connectivity index (χ0v) is 5.39. The van der Waals surface area contributed by atoms with E-state index in [1.807, 2.05) is 5.43 Å². The monoisotopic (exact) mass is 143 g/mol. The van der Waals surface area contributed by atoms with Gasteiger partial charge in [0.2, 0.25) is 11.8 Å². The summed E-state index contributed by atoms with van der Waals surface area (Å²) in [7, 11) is 0. The summed E-state index contributed by atoms with van der Waals surface area (Å²) < 4.78 is 0. The minimum atomic E-state index is -0.280. The first kappa shape index (κ1) is 7.01. The second kappa shape index (κ2) is 2.66. The molecule has 0 aliphatic carbocycles. The molecule has 2 amide bonds. The van der Waals surface area contributed by atoms with Crippen molar-refractivity contribution in [1.29, 1.82) is 0 Å². The molecule has 0 aromatic rings. The number of nitrogens with two attached hydrogens (primary N) is 1. The van der Waals surface area contributed by atoms with Crippen molar-refractivity contribution < 1.29 is 9.59 Å². The van der Waals surface area contributed by atoms with Crippen LogP contribution >= 0.6 is 0 Å². The molecule has 5 heteroatoms. The number of carbonyl (C=O) groups excluding carboxylic acids is 2. The Hall–Kier alpha value is -1.10. The molecule has 1 unspecified atom stereocenters. The van der Waals surface area contributed by atoms with E-state index in [4.69, 9.17) is 5.84 Å².